The van der Waals surface area contributed by atoms with Crippen molar-refractivity contribution in [1.82, 2.24) is 0 Å². The lowest BCUT2D eigenvalue weighted by atomic mass is 10.00. The number of halogens is 1. The maximum absolute atomic E-state index is 10.6. The topological polar surface area (TPSA) is 35.5 Å². The molecule has 17 heavy (non-hydrogen) atoms. The summed E-state index contributed by atoms with van der Waals surface area (Å²) < 4.78 is 12.2. The van der Waals surface area contributed by atoms with E-state index in [2.05, 4.69) is 22.9 Å². The van der Waals surface area contributed by atoms with E-state index >= 15 is 0 Å². The van der Waals surface area contributed by atoms with E-state index in [1.54, 1.807) is 0 Å². The molecule has 1 aromatic carbocycles. The SMILES string of the molecule is CC(c1ccccc1Br)C1OCC(C=O)CO1. The average molecular weight is 299 g/mol. The monoisotopic (exact) mass is 298 g/mol. The molecule has 0 aliphatic carbocycles. The van der Waals surface area contributed by atoms with Gasteiger partial charge in [-0.05, 0) is 11.6 Å². The average Bonchev–Trinajstić information content (AvgIpc) is 2.39. The van der Waals surface area contributed by atoms with E-state index in [1.165, 1.54) is 0 Å². The number of rotatable bonds is 3. The summed E-state index contributed by atoms with van der Waals surface area (Å²) in [4.78, 5) is 10.6. The van der Waals surface area contributed by atoms with Crippen molar-refractivity contribution in [1.29, 1.82) is 0 Å². The second-order valence-electron chi connectivity index (χ2n) is 4.24. The molecule has 1 atom stereocenters. The Morgan fingerprint density at radius 2 is 2.00 bits per heavy atom. The molecular weight excluding hydrogens is 284 g/mol. The van der Waals surface area contributed by atoms with Gasteiger partial charge in [-0.1, -0.05) is 41.1 Å². The smallest absolute Gasteiger partial charge is 0.164 e. The standard InChI is InChI=1S/C13H15BrO3/c1-9(11-4-2-3-5-12(11)14)13-16-7-10(6-15)8-17-13/h2-6,9-10,13H,7-8H2,1H3. The number of hydrogen-bond donors (Lipinski definition) is 0. The first kappa shape index (κ1) is 12.7. The number of aldehydes is 1. The molecule has 3 nitrogen and oxygen atoms in total. The Labute approximate surface area is 109 Å². The second-order valence-corrected chi connectivity index (χ2v) is 5.10. The molecule has 0 N–H and O–H groups in total. The van der Waals surface area contributed by atoms with E-state index in [0.717, 1.165) is 16.3 Å². The molecule has 1 heterocycles. The van der Waals surface area contributed by atoms with Crippen LogP contribution in [0, 0.1) is 5.92 Å². The highest BCUT2D eigenvalue weighted by Gasteiger charge is 2.28. The molecular formula is C13H15BrO3. The highest BCUT2D eigenvalue weighted by molar-refractivity contribution is 9.10. The second kappa shape index (κ2) is 5.76. The number of benzene rings is 1. The summed E-state index contributed by atoms with van der Waals surface area (Å²) in [6.07, 6.45) is 0.615. The van der Waals surface area contributed by atoms with Gasteiger partial charge in [0.25, 0.3) is 0 Å². The van der Waals surface area contributed by atoms with Crippen LogP contribution in [0.5, 0.6) is 0 Å². The summed E-state index contributed by atoms with van der Waals surface area (Å²) in [5.41, 5.74) is 1.15. The van der Waals surface area contributed by atoms with Crippen molar-refractivity contribution in [2.24, 2.45) is 5.92 Å². The first-order valence-electron chi connectivity index (χ1n) is 5.65. The van der Waals surface area contributed by atoms with Crippen LogP contribution in [0.1, 0.15) is 18.4 Å². The van der Waals surface area contributed by atoms with Gasteiger partial charge >= 0.3 is 0 Å². The molecule has 1 saturated heterocycles. The summed E-state index contributed by atoms with van der Waals surface area (Å²) in [5.74, 6) is 0.0100. The maximum atomic E-state index is 10.6. The van der Waals surface area contributed by atoms with E-state index in [-0.39, 0.29) is 18.1 Å². The van der Waals surface area contributed by atoms with Crippen molar-refractivity contribution in [2.75, 3.05) is 13.2 Å². The molecule has 1 unspecified atom stereocenters. The molecule has 1 fully saturated rings. The van der Waals surface area contributed by atoms with Crippen LogP contribution in [0.25, 0.3) is 0 Å². The fourth-order valence-electron chi connectivity index (χ4n) is 1.89. The third-order valence-corrected chi connectivity index (χ3v) is 3.67. The summed E-state index contributed by atoms with van der Waals surface area (Å²) in [6.45, 7) is 2.96. The molecule has 1 aliphatic heterocycles. The molecule has 4 heteroatoms. The van der Waals surface area contributed by atoms with Crippen LogP contribution in [-0.4, -0.2) is 25.8 Å². The molecule has 2 rings (SSSR count). The predicted octanol–water partition coefficient (Wildman–Crippen LogP) is 2.74. The van der Waals surface area contributed by atoms with E-state index in [1.807, 2.05) is 24.3 Å². The summed E-state index contributed by atoms with van der Waals surface area (Å²) in [7, 11) is 0. The lowest BCUT2D eigenvalue weighted by molar-refractivity contribution is -0.205. The lowest BCUT2D eigenvalue weighted by Gasteiger charge is -2.31. The van der Waals surface area contributed by atoms with E-state index in [4.69, 9.17) is 9.47 Å². The fraction of sp³-hybridized carbons (Fsp3) is 0.462. The number of carbonyl (C=O) groups excluding carboxylic acids is 1. The molecule has 0 saturated carbocycles. The zero-order chi connectivity index (χ0) is 12.3. The lowest BCUT2D eigenvalue weighted by Crippen LogP contribution is -2.35. The van der Waals surface area contributed by atoms with Crippen molar-refractivity contribution in [3.63, 3.8) is 0 Å². The van der Waals surface area contributed by atoms with Crippen molar-refractivity contribution in [3.8, 4) is 0 Å². The van der Waals surface area contributed by atoms with Gasteiger partial charge in [0.2, 0.25) is 0 Å². The molecule has 0 aromatic heterocycles. The third kappa shape index (κ3) is 2.94. The van der Waals surface area contributed by atoms with E-state index < -0.39 is 0 Å². The summed E-state index contributed by atoms with van der Waals surface area (Å²) >= 11 is 3.52. The van der Waals surface area contributed by atoms with Crippen LogP contribution in [-0.2, 0) is 14.3 Å². The fourth-order valence-corrected chi connectivity index (χ4v) is 2.54. The Hall–Kier alpha value is -0.710. The summed E-state index contributed by atoms with van der Waals surface area (Å²) in [5, 5.41) is 0. The van der Waals surface area contributed by atoms with Gasteiger partial charge in [0.15, 0.2) is 6.29 Å². The zero-order valence-corrected chi connectivity index (χ0v) is 11.2. The Bertz CT molecular complexity index is 386. The van der Waals surface area contributed by atoms with Gasteiger partial charge in [0.1, 0.15) is 6.29 Å². The zero-order valence-electron chi connectivity index (χ0n) is 9.64. The van der Waals surface area contributed by atoms with Crippen LogP contribution in [0.3, 0.4) is 0 Å². The van der Waals surface area contributed by atoms with Gasteiger partial charge in [0.05, 0.1) is 19.1 Å². The number of hydrogen-bond acceptors (Lipinski definition) is 3. The van der Waals surface area contributed by atoms with Crippen LogP contribution in [0.4, 0.5) is 0 Å². The molecule has 0 spiro atoms. The quantitative estimate of drug-likeness (QED) is 0.805. The Balaban J connectivity index is 2.04. The first-order valence-corrected chi connectivity index (χ1v) is 6.44. The third-order valence-electron chi connectivity index (χ3n) is 2.95. The normalized spacial score (nSPS) is 26.5. The highest BCUT2D eigenvalue weighted by Crippen LogP contribution is 2.30. The van der Waals surface area contributed by atoms with Gasteiger partial charge in [-0.15, -0.1) is 0 Å². The Kier molecular flexibility index (Phi) is 4.31. The Morgan fingerprint density at radius 3 is 2.59 bits per heavy atom. The minimum atomic E-state index is -0.273. The molecule has 0 amide bonds. The molecule has 1 aromatic rings. The molecule has 0 radical (unpaired) electrons. The van der Waals surface area contributed by atoms with Crippen LogP contribution >= 0.6 is 15.9 Å². The molecule has 92 valence electrons. The highest BCUT2D eigenvalue weighted by atomic mass is 79.9. The van der Waals surface area contributed by atoms with E-state index in [9.17, 15) is 4.79 Å². The summed E-state index contributed by atoms with van der Waals surface area (Å²) in [6, 6.07) is 8.02. The van der Waals surface area contributed by atoms with Crippen LogP contribution in [0.15, 0.2) is 28.7 Å². The van der Waals surface area contributed by atoms with Gasteiger partial charge in [-0.3, -0.25) is 0 Å². The van der Waals surface area contributed by atoms with Crippen molar-refractivity contribution >= 4 is 22.2 Å². The Morgan fingerprint density at radius 1 is 1.35 bits per heavy atom. The van der Waals surface area contributed by atoms with Crippen LogP contribution < -0.4 is 0 Å². The van der Waals surface area contributed by atoms with Crippen molar-refractivity contribution < 1.29 is 14.3 Å². The number of carbonyl (C=O) groups is 1. The van der Waals surface area contributed by atoms with Crippen LogP contribution in [0.2, 0.25) is 0 Å². The van der Waals surface area contributed by atoms with E-state index in [0.29, 0.717) is 13.2 Å². The molecule has 0 bridgehead atoms. The van der Waals surface area contributed by atoms with Crippen molar-refractivity contribution in [3.05, 3.63) is 34.3 Å². The van der Waals surface area contributed by atoms with Gasteiger partial charge in [0, 0.05) is 10.4 Å². The molecule has 1 aliphatic rings. The van der Waals surface area contributed by atoms with Crippen molar-refractivity contribution in [2.45, 2.75) is 19.1 Å². The maximum Gasteiger partial charge on any atom is 0.164 e. The van der Waals surface area contributed by atoms with Gasteiger partial charge in [-0.2, -0.15) is 0 Å². The minimum Gasteiger partial charge on any atom is -0.351 e. The minimum absolute atomic E-state index is 0.127. The number of ether oxygens (including phenoxy) is 2. The largest absolute Gasteiger partial charge is 0.351 e. The van der Waals surface area contributed by atoms with Gasteiger partial charge in [-0.25, -0.2) is 0 Å². The predicted molar refractivity (Wildman–Crippen MR) is 67.8 cm³/mol. The first-order chi connectivity index (χ1) is 8.22. The van der Waals surface area contributed by atoms with Gasteiger partial charge < -0.3 is 14.3 Å².